The monoisotopic (exact) mass is 328 g/mol. The first kappa shape index (κ1) is 17.0. The zero-order chi connectivity index (χ0) is 16.2. The summed E-state index contributed by atoms with van der Waals surface area (Å²) in [5.74, 6) is 2.05. The summed E-state index contributed by atoms with van der Waals surface area (Å²) < 4.78 is 16.6. The SMILES string of the molecule is CC(C)(C)OC(=O)Nc1[nH]ncc1CNC1CCS(=O)CC1. The highest BCUT2D eigenvalue weighted by molar-refractivity contribution is 7.85. The van der Waals surface area contributed by atoms with Crippen LogP contribution >= 0.6 is 0 Å². The zero-order valence-electron chi connectivity index (χ0n) is 13.3. The van der Waals surface area contributed by atoms with E-state index in [0.717, 1.165) is 29.9 Å². The number of carbonyl (C=O) groups excluding carboxylic acids is 1. The Balaban J connectivity index is 1.84. The molecule has 0 saturated carbocycles. The van der Waals surface area contributed by atoms with Crippen LogP contribution in [0.15, 0.2) is 6.20 Å². The van der Waals surface area contributed by atoms with Gasteiger partial charge in [-0.2, -0.15) is 5.10 Å². The molecule has 1 saturated heterocycles. The molecule has 0 bridgehead atoms. The third-order valence-electron chi connectivity index (χ3n) is 3.31. The zero-order valence-corrected chi connectivity index (χ0v) is 14.1. The molecule has 0 unspecified atom stereocenters. The van der Waals surface area contributed by atoms with Gasteiger partial charge in [-0.05, 0) is 33.6 Å². The van der Waals surface area contributed by atoms with Crippen molar-refractivity contribution in [2.75, 3.05) is 16.8 Å². The first-order valence-corrected chi connectivity index (χ1v) is 8.93. The van der Waals surface area contributed by atoms with Crippen molar-refractivity contribution in [3.05, 3.63) is 11.8 Å². The first-order chi connectivity index (χ1) is 10.3. The van der Waals surface area contributed by atoms with Crippen molar-refractivity contribution < 1.29 is 13.7 Å². The Bertz CT molecular complexity index is 528. The second-order valence-electron chi connectivity index (χ2n) is 6.40. The van der Waals surface area contributed by atoms with E-state index in [1.807, 2.05) is 20.8 Å². The Kier molecular flexibility index (Phi) is 5.57. The van der Waals surface area contributed by atoms with Gasteiger partial charge in [-0.3, -0.25) is 14.6 Å². The maximum Gasteiger partial charge on any atom is 0.413 e. The van der Waals surface area contributed by atoms with Gasteiger partial charge in [0, 0.05) is 40.5 Å². The van der Waals surface area contributed by atoms with Crippen LogP contribution in [0.3, 0.4) is 0 Å². The van der Waals surface area contributed by atoms with Crippen LogP contribution in [-0.2, 0) is 22.1 Å². The molecule has 0 radical (unpaired) electrons. The molecule has 8 heteroatoms. The number of carbonyl (C=O) groups is 1. The van der Waals surface area contributed by atoms with Gasteiger partial charge in [-0.25, -0.2) is 4.79 Å². The lowest BCUT2D eigenvalue weighted by molar-refractivity contribution is 0.0635. The molecule has 0 aromatic carbocycles. The lowest BCUT2D eigenvalue weighted by atomic mass is 10.1. The molecule has 3 N–H and O–H groups in total. The Labute approximate surface area is 133 Å². The number of anilines is 1. The number of hydrogen-bond acceptors (Lipinski definition) is 5. The van der Waals surface area contributed by atoms with Crippen LogP contribution in [0.1, 0.15) is 39.2 Å². The van der Waals surface area contributed by atoms with E-state index in [1.54, 1.807) is 6.20 Å². The van der Waals surface area contributed by atoms with Gasteiger partial charge in [-0.1, -0.05) is 0 Å². The van der Waals surface area contributed by atoms with Gasteiger partial charge in [0.2, 0.25) is 0 Å². The summed E-state index contributed by atoms with van der Waals surface area (Å²) >= 11 is 0. The van der Waals surface area contributed by atoms with Crippen LogP contribution in [0.4, 0.5) is 10.6 Å². The van der Waals surface area contributed by atoms with Crippen LogP contribution in [0.2, 0.25) is 0 Å². The first-order valence-electron chi connectivity index (χ1n) is 7.44. The topological polar surface area (TPSA) is 96.1 Å². The van der Waals surface area contributed by atoms with Crippen molar-refractivity contribution in [1.82, 2.24) is 15.5 Å². The van der Waals surface area contributed by atoms with E-state index in [0.29, 0.717) is 18.4 Å². The molecule has 0 aliphatic carbocycles. The van der Waals surface area contributed by atoms with Crippen molar-refractivity contribution in [3.63, 3.8) is 0 Å². The predicted octanol–water partition coefficient (Wildman–Crippen LogP) is 1.76. The standard InChI is InChI=1S/C14H24N4O3S/c1-14(2,3)21-13(19)17-12-10(9-16-18-12)8-15-11-4-6-22(20)7-5-11/h9,11,15H,4-8H2,1-3H3,(H2,16,17,18,19). The number of aromatic amines is 1. The minimum Gasteiger partial charge on any atom is -0.444 e. The molecule has 124 valence electrons. The number of rotatable bonds is 4. The third kappa shape index (κ3) is 5.42. The van der Waals surface area contributed by atoms with Gasteiger partial charge < -0.3 is 10.1 Å². The molecule has 2 rings (SSSR count). The van der Waals surface area contributed by atoms with E-state index in [-0.39, 0.29) is 0 Å². The number of H-pyrrole nitrogens is 1. The number of nitrogens with zero attached hydrogens (tertiary/aromatic N) is 1. The number of hydrogen-bond donors (Lipinski definition) is 3. The smallest absolute Gasteiger partial charge is 0.413 e. The molecule has 1 aromatic heterocycles. The summed E-state index contributed by atoms with van der Waals surface area (Å²) in [6.45, 7) is 6.04. The Hall–Kier alpha value is -1.41. The largest absolute Gasteiger partial charge is 0.444 e. The van der Waals surface area contributed by atoms with Crippen LogP contribution in [0.5, 0.6) is 0 Å². The van der Waals surface area contributed by atoms with Gasteiger partial charge >= 0.3 is 6.09 Å². The molecule has 1 aromatic rings. The summed E-state index contributed by atoms with van der Waals surface area (Å²) in [7, 11) is -0.655. The maximum atomic E-state index is 11.8. The number of aromatic nitrogens is 2. The van der Waals surface area contributed by atoms with E-state index in [2.05, 4.69) is 20.8 Å². The van der Waals surface area contributed by atoms with Crippen molar-refractivity contribution >= 4 is 22.7 Å². The predicted molar refractivity (Wildman–Crippen MR) is 86.2 cm³/mol. The number of nitrogens with one attached hydrogen (secondary N) is 3. The molecule has 7 nitrogen and oxygen atoms in total. The van der Waals surface area contributed by atoms with Gasteiger partial charge in [-0.15, -0.1) is 0 Å². The fourth-order valence-corrected chi connectivity index (χ4v) is 3.51. The van der Waals surface area contributed by atoms with Gasteiger partial charge in [0.25, 0.3) is 0 Å². The average Bonchev–Trinajstić information content (AvgIpc) is 2.83. The molecule has 1 amide bonds. The summed E-state index contributed by atoms with van der Waals surface area (Å²) in [4.78, 5) is 11.8. The second-order valence-corrected chi connectivity index (χ2v) is 8.10. The molecule has 0 atom stereocenters. The lowest BCUT2D eigenvalue weighted by Crippen LogP contribution is -2.35. The van der Waals surface area contributed by atoms with Gasteiger partial charge in [0.1, 0.15) is 11.4 Å². The van der Waals surface area contributed by atoms with Crippen LogP contribution in [0, 0.1) is 0 Å². The molecular formula is C14H24N4O3S. The third-order valence-corrected chi connectivity index (χ3v) is 4.70. The van der Waals surface area contributed by atoms with Gasteiger partial charge in [0.05, 0.1) is 6.20 Å². The molecule has 0 spiro atoms. The summed E-state index contributed by atoms with van der Waals surface area (Å²) in [6.07, 6.45) is 3.00. The Morgan fingerprint density at radius 2 is 2.14 bits per heavy atom. The average molecular weight is 328 g/mol. The maximum absolute atomic E-state index is 11.8. The molecule has 1 fully saturated rings. The van der Waals surface area contributed by atoms with Crippen LogP contribution < -0.4 is 10.6 Å². The van der Waals surface area contributed by atoms with E-state index in [9.17, 15) is 9.00 Å². The number of ether oxygens (including phenoxy) is 1. The minimum absolute atomic E-state index is 0.363. The number of amides is 1. The van der Waals surface area contributed by atoms with Crippen molar-refractivity contribution in [1.29, 1.82) is 0 Å². The summed E-state index contributed by atoms with van der Waals surface area (Å²) in [5, 5.41) is 12.8. The summed E-state index contributed by atoms with van der Waals surface area (Å²) in [6, 6.07) is 0.363. The second kappa shape index (κ2) is 7.23. The van der Waals surface area contributed by atoms with E-state index < -0.39 is 22.5 Å². The molecule has 2 heterocycles. The summed E-state index contributed by atoms with van der Waals surface area (Å²) in [5.41, 5.74) is 0.331. The lowest BCUT2D eigenvalue weighted by Gasteiger charge is -2.22. The van der Waals surface area contributed by atoms with E-state index in [1.165, 1.54) is 0 Å². The quantitative estimate of drug-likeness (QED) is 0.782. The normalized spacial score (nSPS) is 22.3. The molecule has 1 aliphatic heterocycles. The van der Waals surface area contributed by atoms with E-state index >= 15 is 0 Å². The van der Waals surface area contributed by atoms with E-state index in [4.69, 9.17) is 4.74 Å². The fourth-order valence-electron chi connectivity index (χ4n) is 2.21. The fraction of sp³-hybridized carbons (Fsp3) is 0.714. The Morgan fingerprint density at radius 1 is 1.45 bits per heavy atom. The van der Waals surface area contributed by atoms with Gasteiger partial charge in [0.15, 0.2) is 0 Å². The van der Waals surface area contributed by atoms with Crippen LogP contribution in [0.25, 0.3) is 0 Å². The minimum atomic E-state index is -0.655. The highest BCUT2D eigenvalue weighted by Gasteiger charge is 2.20. The molecule has 1 aliphatic rings. The Morgan fingerprint density at radius 3 is 2.77 bits per heavy atom. The van der Waals surface area contributed by atoms with Crippen molar-refractivity contribution in [2.24, 2.45) is 0 Å². The molecular weight excluding hydrogens is 304 g/mol. The van der Waals surface area contributed by atoms with Crippen molar-refractivity contribution in [3.8, 4) is 0 Å². The molecule has 22 heavy (non-hydrogen) atoms. The highest BCUT2D eigenvalue weighted by Crippen LogP contribution is 2.15. The van der Waals surface area contributed by atoms with Crippen molar-refractivity contribution in [2.45, 2.75) is 51.8 Å². The van der Waals surface area contributed by atoms with Crippen LogP contribution in [-0.4, -0.2) is 43.6 Å². The highest BCUT2D eigenvalue weighted by atomic mass is 32.2.